The quantitative estimate of drug-likeness (QED) is 0.778. The maximum absolute atomic E-state index is 11.6. The Morgan fingerprint density at radius 2 is 1.92 bits per heavy atom. The van der Waals surface area contributed by atoms with Crippen molar-refractivity contribution in [3.05, 3.63) is 65.2 Å². The molecule has 2 aromatic carbocycles. The van der Waals surface area contributed by atoms with Crippen LogP contribution in [0.1, 0.15) is 21.5 Å². The van der Waals surface area contributed by atoms with Gasteiger partial charge in [-0.25, -0.2) is 9.79 Å². The van der Waals surface area contributed by atoms with Crippen LogP contribution in [0, 0.1) is 0 Å². The number of hydrogen-bond acceptors (Lipinski definition) is 4. The van der Waals surface area contributed by atoms with E-state index in [9.17, 15) is 9.59 Å². The molecule has 1 aliphatic rings. The SMILES string of the molecule is O=C1NC(=S)N=C1Cc1ccc(OCc2cccc(C(=O)O)c2)cc1. The third kappa shape index (κ3) is 4.27. The van der Waals surface area contributed by atoms with E-state index >= 15 is 0 Å². The number of thiocarbonyl (C=S) groups is 1. The standard InChI is InChI=1S/C18H14N2O4S/c21-16-15(19-18(25)20-16)9-11-4-6-14(7-5-11)24-10-12-2-1-3-13(8-12)17(22)23/h1-8H,9-10H2,(H,22,23)(H,20,21,25). The fraction of sp³-hybridized carbons (Fsp3) is 0.111. The van der Waals surface area contributed by atoms with Crippen LogP contribution in [-0.2, 0) is 17.8 Å². The lowest BCUT2D eigenvalue weighted by molar-refractivity contribution is -0.113. The summed E-state index contributed by atoms with van der Waals surface area (Å²) in [5.41, 5.74) is 2.31. The predicted octanol–water partition coefficient (Wildman–Crippen LogP) is 2.36. The van der Waals surface area contributed by atoms with Crippen LogP contribution in [-0.4, -0.2) is 27.8 Å². The molecular formula is C18H14N2O4S. The Labute approximate surface area is 149 Å². The summed E-state index contributed by atoms with van der Waals surface area (Å²) < 4.78 is 5.67. The van der Waals surface area contributed by atoms with Crippen LogP contribution in [0.3, 0.4) is 0 Å². The van der Waals surface area contributed by atoms with E-state index in [1.165, 1.54) is 6.07 Å². The number of nitrogens with zero attached hydrogens (tertiary/aromatic N) is 1. The molecule has 6 nitrogen and oxygen atoms in total. The number of aromatic carboxylic acids is 1. The van der Waals surface area contributed by atoms with Gasteiger partial charge < -0.3 is 9.84 Å². The molecule has 0 fully saturated rings. The van der Waals surface area contributed by atoms with Crippen molar-refractivity contribution in [3.63, 3.8) is 0 Å². The van der Waals surface area contributed by atoms with Crippen molar-refractivity contribution in [2.45, 2.75) is 13.0 Å². The second kappa shape index (κ2) is 7.23. The van der Waals surface area contributed by atoms with Crippen molar-refractivity contribution in [1.29, 1.82) is 0 Å². The molecular weight excluding hydrogens is 340 g/mol. The molecule has 1 aliphatic heterocycles. The number of carboxylic acid groups (broad SMARTS) is 1. The summed E-state index contributed by atoms with van der Waals surface area (Å²) in [5, 5.41) is 11.7. The van der Waals surface area contributed by atoms with Crippen LogP contribution in [0.5, 0.6) is 5.75 Å². The third-order valence-corrected chi connectivity index (χ3v) is 3.79. The number of benzene rings is 2. The van der Waals surface area contributed by atoms with E-state index in [-0.39, 0.29) is 23.2 Å². The Kier molecular flexibility index (Phi) is 4.85. The van der Waals surface area contributed by atoms with Gasteiger partial charge in [-0.2, -0.15) is 0 Å². The average Bonchev–Trinajstić information content (AvgIpc) is 2.92. The molecule has 25 heavy (non-hydrogen) atoms. The molecule has 0 unspecified atom stereocenters. The molecule has 2 N–H and O–H groups in total. The summed E-state index contributed by atoms with van der Waals surface area (Å²) >= 11 is 4.84. The van der Waals surface area contributed by atoms with Crippen molar-refractivity contribution in [2.75, 3.05) is 0 Å². The molecule has 3 rings (SSSR count). The largest absolute Gasteiger partial charge is 0.489 e. The summed E-state index contributed by atoms with van der Waals surface area (Å²) in [6.45, 7) is 0.268. The molecule has 0 saturated heterocycles. The molecule has 0 atom stereocenters. The second-order valence-electron chi connectivity index (χ2n) is 5.43. The number of rotatable bonds is 6. The number of hydrogen-bond donors (Lipinski definition) is 2. The van der Waals surface area contributed by atoms with Gasteiger partial charge in [0.2, 0.25) is 0 Å². The van der Waals surface area contributed by atoms with Crippen LogP contribution in [0.2, 0.25) is 0 Å². The summed E-state index contributed by atoms with van der Waals surface area (Å²) in [7, 11) is 0. The van der Waals surface area contributed by atoms with Gasteiger partial charge in [0.15, 0.2) is 5.11 Å². The van der Waals surface area contributed by atoms with Crippen molar-refractivity contribution < 1.29 is 19.4 Å². The predicted molar refractivity (Wildman–Crippen MR) is 96.1 cm³/mol. The zero-order valence-corrected chi connectivity index (χ0v) is 13.9. The number of carboxylic acids is 1. The van der Waals surface area contributed by atoms with Gasteiger partial charge in [-0.15, -0.1) is 0 Å². The molecule has 0 aliphatic carbocycles. The number of carbonyl (C=O) groups is 2. The summed E-state index contributed by atoms with van der Waals surface area (Å²) in [5.74, 6) is -0.578. The van der Waals surface area contributed by atoms with E-state index < -0.39 is 5.97 Å². The Morgan fingerprint density at radius 3 is 2.56 bits per heavy atom. The highest BCUT2D eigenvalue weighted by Gasteiger charge is 2.20. The highest BCUT2D eigenvalue weighted by molar-refractivity contribution is 7.80. The van der Waals surface area contributed by atoms with Gasteiger partial charge in [-0.3, -0.25) is 10.1 Å². The van der Waals surface area contributed by atoms with Gasteiger partial charge in [0, 0.05) is 6.42 Å². The maximum Gasteiger partial charge on any atom is 0.335 e. The Balaban J connectivity index is 1.60. The van der Waals surface area contributed by atoms with Crippen molar-refractivity contribution in [2.24, 2.45) is 4.99 Å². The minimum absolute atomic E-state index is 0.198. The summed E-state index contributed by atoms with van der Waals surface area (Å²) in [6.07, 6.45) is 0.396. The summed E-state index contributed by atoms with van der Waals surface area (Å²) in [4.78, 5) is 26.6. The first-order chi connectivity index (χ1) is 12.0. The molecule has 0 radical (unpaired) electrons. The van der Waals surface area contributed by atoms with Gasteiger partial charge in [0.1, 0.15) is 18.1 Å². The van der Waals surface area contributed by atoms with E-state index in [0.717, 1.165) is 11.1 Å². The molecule has 2 aromatic rings. The van der Waals surface area contributed by atoms with Crippen molar-refractivity contribution in [1.82, 2.24) is 5.32 Å². The van der Waals surface area contributed by atoms with Crippen LogP contribution in [0.4, 0.5) is 0 Å². The molecule has 0 bridgehead atoms. The molecule has 1 heterocycles. The molecule has 7 heteroatoms. The van der Waals surface area contributed by atoms with Crippen LogP contribution < -0.4 is 10.1 Å². The Morgan fingerprint density at radius 1 is 1.16 bits per heavy atom. The van der Waals surface area contributed by atoms with E-state index in [1.807, 2.05) is 12.1 Å². The number of carbonyl (C=O) groups excluding carboxylic acids is 1. The number of ether oxygens (including phenoxy) is 1. The normalized spacial score (nSPS) is 13.4. The number of nitrogens with one attached hydrogen (secondary N) is 1. The molecule has 0 spiro atoms. The van der Waals surface area contributed by atoms with E-state index in [4.69, 9.17) is 22.1 Å². The van der Waals surface area contributed by atoms with Gasteiger partial charge in [-0.1, -0.05) is 24.3 Å². The fourth-order valence-corrected chi connectivity index (χ4v) is 2.55. The fourth-order valence-electron chi connectivity index (χ4n) is 2.35. The van der Waals surface area contributed by atoms with Crippen molar-refractivity contribution in [3.8, 4) is 5.75 Å². The minimum Gasteiger partial charge on any atom is -0.489 e. The van der Waals surface area contributed by atoms with E-state index in [2.05, 4.69) is 10.3 Å². The first kappa shape index (κ1) is 16.8. The van der Waals surface area contributed by atoms with Gasteiger partial charge >= 0.3 is 5.97 Å². The van der Waals surface area contributed by atoms with Gasteiger partial charge in [0.05, 0.1) is 5.56 Å². The van der Waals surface area contributed by atoms with Crippen molar-refractivity contribution >= 4 is 34.9 Å². The highest BCUT2D eigenvalue weighted by atomic mass is 32.1. The Hall–Kier alpha value is -3.06. The first-order valence-corrected chi connectivity index (χ1v) is 7.89. The first-order valence-electron chi connectivity index (χ1n) is 7.48. The lowest BCUT2D eigenvalue weighted by atomic mass is 10.1. The van der Waals surface area contributed by atoms with Crippen LogP contribution in [0.15, 0.2) is 53.5 Å². The lowest BCUT2D eigenvalue weighted by Gasteiger charge is -2.08. The Bertz CT molecular complexity index is 875. The third-order valence-electron chi connectivity index (χ3n) is 3.59. The van der Waals surface area contributed by atoms with Crippen LogP contribution in [0.25, 0.3) is 0 Å². The second-order valence-corrected chi connectivity index (χ2v) is 5.82. The topological polar surface area (TPSA) is 88.0 Å². The van der Waals surface area contributed by atoms with Gasteiger partial charge in [-0.05, 0) is 47.6 Å². The number of amides is 1. The smallest absolute Gasteiger partial charge is 0.335 e. The zero-order valence-electron chi connectivity index (χ0n) is 13.1. The highest BCUT2D eigenvalue weighted by Crippen LogP contribution is 2.16. The summed E-state index contributed by atoms with van der Waals surface area (Å²) in [6, 6.07) is 13.9. The zero-order chi connectivity index (χ0) is 17.8. The van der Waals surface area contributed by atoms with Gasteiger partial charge in [0.25, 0.3) is 5.91 Å². The monoisotopic (exact) mass is 354 g/mol. The average molecular weight is 354 g/mol. The van der Waals surface area contributed by atoms with E-state index in [0.29, 0.717) is 17.9 Å². The van der Waals surface area contributed by atoms with E-state index in [1.54, 1.807) is 30.3 Å². The minimum atomic E-state index is -0.968. The number of aliphatic imine (C=N–C) groups is 1. The lowest BCUT2D eigenvalue weighted by Crippen LogP contribution is -2.26. The molecule has 1 amide bonds. The molecule has 126 valence electrons. The molecule has 0 aromatic heterocycles. The maximum atomic E-state index is 11.6. The van der Waals surface area contributed by atoms with Crippen LogP contribution >= 0.6 is 12.2 Å². The molecule has 0 saturated carbocycles.